The number of amides is 3. The van der Waals surface area contributed by atoms with Gasteiger partial charge in [0.05, 0.1) is 0 Å². The molecule has 36 heavy (non-hydrogen) atoms. The SMILES string of the molecule is CCn1cc(C(=O)NC(C(=O)N[C@@H]2C(=O)N3[C@@H]2SC(C)(C)[C@@H]3C(=O)O)c2ccccc2)c(=O)cc1C. The summed E-state index contributed by atoms with van der Waals surface area (Å²) in [7, 11) is 0. The zero-order valence-electron chi connectivity index (χ0n) is 20.3. The maximum atomic E-state index is 13.4. The summed E-state index contributed by atoms with van der Waals surface area (Å²) in [5.74, 6) is -2.93. The maximum Gasteiger partial charge on any atom is 0.327 e. The lowest BCUT2D eigenvalue weighted by atomic mass is 9.95. The Kier molecular flexibility index (Phi) is 6.70. The van der Waals surface area contributed by atoms with Crippen molar-refractivity contribution in [2.45, 2.75) is 62.5 Å². The quantitative estimate of drug-likeness (QED) is 0.475. The third-order valence-electron chi connectivity index (χ3n) is 6.57. The van der Waals surface area contributed by atoms with E-state index in [9.17, 15) is 29.1 Å². The molecule has 3 amide bonds. The number of carboxylic acid groups (broad SMARTS) is 1. The van der Waals surface area contributed by atoms with E-state index in [1.165, 1.54) is 28.9 Å². The highest BCUT2D eigenvalue weighted by molar-refractivity contribution is 8.01. The van der Waals surface area contributed by atoms with Crippen LogP contribution in [0.1, 0.15) is 48.4 Å². The average Bonchev–Trinajstić information content (AvgIpc) is 3.09. The van der Waals surface area contributed by atoms with Crippen molar-refractivity contribution in [3.63, 3.8) is 0 Å². The van der Waals surface area contributed by atoms with Gasteiger partial charge in [-0.25, -0.2) is 4.79 Å². The molecule has 0 bridgehead atoms. The number of hydrogen-bond acceptors (Lipinski definition) is 6. The molecule has 10 nitrogen and oxygen atoms in total. The van der Waals surface area contributed by atoms with Gasteiger partial charge in [-0.1, -0.05) is 30.3 Å². The van der Waals surface area contributed by atoms with Gasteiger partial charge in [-0.15, -0.1) is 11.8 Å². The van der Waals surface area contributed by atoms with E-state index in [0.29, 0.717) is 17.8 Å². The second-order valence-electron chi connectivity index (χ2n) is 9.38. The molecule has 2 saturated heterocycles. The maximum absolute atomic E-state index is 13.4. The Morgan fingerprint density at radius 1 is 1.17 bits per heavy atom. The number of pyridine rings is 1. The lowest BCUT2D eigenvalue weighted by molar-refractivity contribution is -0.161. The molecule has 2 aliphatic rings. The summed E-state index contributed by atoms with van der Waals surface area (Å²) < 4.78 is 1.02. The number of fused-ring (bicyclic) bond motifs is 1. The van der Waals surface area contributed by atoms with E-state index in [4.69, 9.17) is 0 Å². The number of aliphatic carboxylic acids is 1. The van der Waals surface area contributed by atoms with Crippen LogP contribution in [0.15, 0.2) is 47.4 Å². The van der Waals surface area contributed by atoms with E-state index in [-0.39, 0.29) is 5.56 Å². The van der Waals surface area contributed by atoms with Crippen molar-refractivity contribution in [1.29, 1.82) is 0 Å². The van der Waals surface area contributed by atoms with Gasteiger partial charge in [0.15, 0.2) is 5.43 Å². The molecule has 1 aromatic heterocycles. The van der Waals surface area contributed by atoms with E-state index in [1.54, 1.807) is 55.7 Å². The Balaban J connectivity index is 1.58. The number of carbonyl (C=O) groups is 4. The molecule has 0 radical (unpaired) electrons. The fraction of sp³-hybridized carbons (Fsp3) is 0.400. The van der Waals surface area contributed by atoms with Crippen LogP contribution >= 0.6 is 11.8 Å². The van der Waals surface area contributed by atoms with Crippen LogP contribution in [0.5, 0.6) is 0 Å². The topological polar surface area (TPSA) is 138 Å². The van der Waals surface area contributed by atoms with Gasteiger partial charge in [0.2, 0.25) is 11.8 Å². The first-order valence-corrected chi connectivity index (χ1v) is 12.4. The molecular weight excluding hydrogens is 484 g/mol. The number of nitrogens with zero attached hydrogens (tertiary/aromatic N) is 2. The zero-order valence-corrected chi connectivity index (χ0v) is 21.2. The predicted octanol–water partition coefficient (Wildman–Crippen LogP) is 1.28. The molecule has 1 unspecified atom stereocenters. The van der Waals surface area contributed by atoms with Crippen molar-refractivity contribution in [2.75, 3.05) is 0 Å². The monoisotopic (exact) mass is 512 g/mol. The molecule has 11 heteroatoms. The number of benzene rings is 1. The molecule has 4 rings (SSSR count). The van der Waals surface area contributed by atoms with Crippen molar-refractivity contribution in [2.24, 2.45) is 0 Å². The molecule has 3 N–H and O–H groups in total. The summed E-state index contributed by atoms with van der Waals surface area (Å²) in [6, 6.07) is 6.77. The molecule has 2 fully saturated rings. The Labute approximate surface area is 212 Å². The van der Waals surface area contributed by atoms with Gasteiger partial charge >= 0.3 is 5.97 Å². The van der Waals surface area contributed by atoms with Gasteiger partial charge < -0.3 is 25.2 Å². The largest absolute Gasteiger partial charge is 0.480 e. The third kappa shape index (κ3) is 4.39. The van der Waals surface area contributed by atoms with Crippen LogP contribution in [0.2, 0.25) is 0 Å². The number of rotatable bonds is 7. The van der Waals surface area contributed by atoms with Crippen LogP contribution in [-0.2, 0) is 20.9 Å². The van der Waals surface area contributed by atoms with Crippen LogP contribution < -0.4 is 16.1 Å². The molecule has 2 aromatic rings. The minimum atomic E-state index is -1.17. The van der Waals surface area contributed by atoms with Crippen LogP contribution in [-0.4, -0.2) is 60.5 Å². The standard InChI is InChI=1S/C25H28N4O6S/c1-5-28-12-15(16(30)11-13(28)2)20(31)26-17(14-9-7-6-8-10-14)21(32)27-18-22(33)29-19(24(34)35)25(3,4)36-23(18)29/h6-12,17-19,23H,5H2,1-4H3,(H,26,31)(H,27,32)(H,34,35)/t17?,18-,19+,23-/m1/s1. The molecule has 190 valence electrons. The van der Waals surface area contributed by atoms with Gasteiger partial charge in [0.25, 0.3) is 5.91 Å². The number of carboxylic acids is 1. The minimum Gasteiger partial charge on any atom is -0.480 e. The van der Waals surface area contributed by atoms with Crippen LogP contribution in [0, 0.1) is 6.92 Å². The summed E-state index contributed by atoms with van der Waals surface area (Å²) in [5.41, 5.74) is 0.620. The van der Waals surface area contributed by atoms with Crippen LogP contribution in [0.3, 0.4) is 0 Å². The summed E-state index contributed by atoms with van der Waals surface area (Å²) >= 11 is 1.31. The third-order valence-corrected chi connectivity index (χ3v) is 8.14. The molecule has 0 saturated carbocycles. The van der Waals surface area contributed by atoms with Crippen LogP contribution in [0.4, 0.5) is 0 Å². The molecule has 4 atom stereocenters. The van der Waals surface area contributed by atoms with Gasteiger partial charge in [0.1, 0.15) is 29.1 Å². The van der Waals surface area contributed by atoms with Crippen molar-refractivity contribution in [3.8, 4) is 0 Å². The average molecular weight is 513 g/mol. The highest BCUT2D eigenvalue weighted by Gasteiger charge is 2.64. The van der Waals surface area contributed by atoms with Gasteiger partial charge in [-0.2, -0.15) is 0 Å². The van der Waals surface area contributed by atoms with E-state index < -0.39 is 57.4 Å². The second kappa shape index (κ2) is 9.45. The number of nitrogens with one attached hydrogen (secondary N) is 2. The fourth-order valence-electron chi connectivity index (χ4n) is 4.72. The van der Waals surface area contributed by atoms with Gasteiger partial charge in [-0.3, -0.25) is 19.2 Å². The highest BCUT2D eigenvalue weighted by atomic mass is 32.2. The van der Waals surface area contributed by atoms with E-state index >= 15 is 0 Å². The number of hydrogen-bond donors (Lipinski definition) is 3. The molecule has 0 spiro atoms. The first-order valence-electron chi connectivity index (χ1n) is 11.6. The predicted molar refractivity (Wildman–Crippen MR) is 133 cm³/mol. The molecule has 1 aromatic carbocycles. The summed E-state index contributed by atoms with van der Waals surface area (Å²) in [4.78, 5) is 64.9. The molecular formula is C25H28N4O6S. The number of thioether (sulfide) groups is 1. The van der Waals surface area contributed by atoms with Crippen molar-refractivity contribution < 1.29 is 24.3 Å². The lowest BCUT2D eigenvalue weighted by Crippen LogP contribution is -2.71. The Morgan fingerprint density at radius 3 is 2.44 bits per heavy atom. The van der Waals surface area contributed by atoms with Gasteiger partial charge in [-0.05, 0) is 33.3 Å². The number of aromatic nitrogens is 1. The lowest BCUT2D eigenvalue weighted by Gasteiger charge is -2.44. The zero-order chi connectivity index (χ0) is 26.4. The first kappa shape index (κ1) is 25.5. The molecule has 3 heterocycles. The van der Waals surface area contributed by atoms with Crippen molar-refractivity contribution in [3.05, 3.63) is 69.6 Å². The molecule has 0 aliphatic carbocycles. The van der Waals surface area contributed by atoms with E-state index in [1.807, 2.05) is 6.92 Å². The normalized spacial score (nSPS) is 22.8. The number of β-lactam (4-membered cyclic amide) rings is 1. The summed E-state index contributed by atoms with van der Waals surface area (Å²) in [5, 5.41) is 14.4. The Morgan fingerprint density at radius 2 is 1.83 bits per heavy atom. The fourth-order valence-corrected chi connectivity index (χ4v) is 6.34. The Bertz CT molecular complexity index is 1290. The van der Waals surface area contributed by atoms with Gasteiger partial charge in [0, 0.05) is 29.2 Å². The minimum absolute atomic E-state index is 0.0977. The van der Waals surface area contributed by atoms with Crippen LogP contribution in [0.25, 0.3) is 0 Å². The van der Waals surface area contributed by atoms with Crippen molar-refractivity contribution in [1.82, 2.24) is 20.1 Å². The number of aryl methyl sites for hydroxylation is 2. The van der Waals surface area contributed by atoms with Crippen molar-refractivity contribution >= 4 is 35.5 Å². The van der Waals surface area contributed by atoms with E-state index in [0.717, 1.165) is 0 Å². The first-order chi connectivity index (χ1) is 17.0. The second-order valence-corrected chi connectivity index (χ2v) is 11.2. The van der Waals surface area contributed by atoms with E-state index in [2.05, 4.69) is 10.6 Å². The highest BCUT2D eigenvalue weighted by Crippen LogP contribution is 2.50. The Hall–Kier alpha value is -3.60. The number of carbonyl (C=O) groups excluding carboxylic acids is 3. The summed E-state index contributed by atoms with van der Waals surface area (Å²) in [6.07, 6.45) is 1.46. The summed E-state index contributed by atoms with van der Waals surface area (Å²) in [6.45, 7) is 7.71. The smallest absolute Gasteiger partial charge is 0.327 e. The molecule has 2 aliphatic heterocycles.